The second kappa shape index (κ2) is 12.1. The first-order valence-corrected chi connectivity index (χ1v) is 11.7. The molecule has 1 aliphatic heterocycles. The van der Waals surface area contributed by atoms with Gasteiger partial charge in [-0.1, -0.05) is 34.5 Å². The van der Waals surface area contributed by atoms with Crippen LogP contribution in [0, 0.1) is 0 Å². The summed E-state index contributed by atoms with van der Waals surface area (Å²) in [6, 6.07) is 10.6. The quantitative estimate of drug-likeness (QED) is 0.416. The minimum absolute atomic E-state index is 0. The maximum atomic E-state index is 13.2. The van der Waals surface area contributed by atoms with Gasteiger partial charge in [0.2, 0.25) is 0 Å². The van der Waals surface area contributed by atoms with Gasteiger partial charge in [0, 0.05) is 37.3 Å². The molecule has 0 saturated carbocycles. The maximum Gasteiger partial charge on any atom is 0.266 e. The highest BCUT2D eigenvalue weighted by Crippen LogP contribution is 2.32. The Balaban J connectivity index is 0.00000306. The van der Waals surface area contributed by atoms with E-state index in [-0.39, 0.29) is 24.9 Å². The summed E-state index contributed by atoms with van der Waals surface area (Å²) in [6.07, 6.45) is 0. The topological polar surface area (TPSA) is 64.1 Å². The van der Waals surface area contributed by atoms with Crippen molar-refractivity contribution in [3.8, 4) is 11.5 Å². The predicted octanol–water partition coefficient (Wildman–Crippen LogP) is 4.78. The third-order valence-electron chi connectivity index (χ3n) is 5.10. The van der Waals surface area contributed by atoms with Gasteiger partial charge in [0.05, 0.1) is 35.6 Å². The van der Waals surface area contributed by atoms with Crippen molar-refractivity contribution < 1.29 is 19.0 Å². The number of ether oxygens (including phenoxy) is 3. The molecule has 1 aromatic heterocycles. The van der Waals surface area contributed by atoms with Crippen LogP contribution in [0.1, 0.15) is 0 Å². The molecule has 1 saturated heterocycles. The molecule has 0 radical (unpaired) electrons. The Morgan fingerprint density at radius 1 is 1.21 bits per heavy atom. The third kappa shape index (κ3) is 6.62. The first-order chi connectivity index (χ1) is 15.5. The zero-order valence-electron chi connectivity index (χ0n) is 18.0. The number of rotatable bonds is 8. The van der Waals surface area contributed by atoms with Crippen LogP contribution < -0.4 is 14.4 Å². The Morgan fingerprint density at radius 2 is 2.00 bits per heavy atom. The summed E-state index contributed by atoms with van der Waals surface area (Å²) in [5.74, 6) is 0.933. The van der Waals surface area contributed by atoms with E-state index in [1.807, 2.05) is 18.2 Å². The van der Waals surface area contributed by atoms with E-state index in [1.165, 1.54) is 11.3 Å². The molecule has 0 atom stereocenters. The number of anilines is 1. The van der Waals surface area contributed by atoms with Crippen molar-refractivity contribution in [1.29, 1.82) is 0 Å². The molecule has 0 bridgehead atoms. The van der Waals surface area contributed by atoms with Gasteiger partial charge in [0.15, 0.2) is 11.7 Å². The van der Waals surface area contributed by atoms with Gasteiger partial charge in [-0.05, 0) is 30.3 Å². The highest BCUT2D eigenvalue weighted by atomic mass is 35.5. The smallest absolute Gasteiger partial charge is 0.266 e. The summed E-state index contributed by atoms with van der Waals surface area (Å²) < 4.78 is 17.4. The van der Waals surface area contributed by atoms with Gasteiger partial charge < -0.3 is 14.2 Å². The second-order valence-corrected chi connectivity index (χ2v) is 9.05. The van der Waals surface area contributed by atoms with E-state index in [4.69, 9.17) is 42.4 Å². The lowest BCUT2D eigenvalue weighted by Gasteiger charge is -2.29. The summed E-state index contributed by atoms with van der Waals surface area (Å²) in [7, 11) is 1.62. The van der Waals surface area contributed by atoms with E-state index in [0.717, 1.165) is 35.6 Å². The monoisotopic (exact) mass is 531 g/mol. The number of hydrogen-bond acceptors (Lipinski definition) is 7. The summed E-state index contributed by atoms with van der Waals surface area (Å²) >= 11 is 13.6. The second-order valence-electron chi connectivity index (χ2n) is 7.19. The van der Waals surface area contributed by atoms with E-state index in [2.05, 4.69) is 4.90 Å². The van der Waals surface area contributed by atoms with Crippen molar-refractivity contribution in [3.63, 3.8) is 0 Å². The number of carbonyl (C=O) groups is 1. The van der Waals surface area contributed by atoms with Gasteiger partial charge >= 0.3 is 0 Å². The number of halogens is 3. The van der Waals surface area contributed by atoms with Gasteiger partial charge in [-0.25, -0.2) is 4.98 Å². The molecule has 33 heavy (non-hydrogen) atoms. The molecule has 2 aromatic carbocycles. The van der Waals surface area contributed by atoms with Crippen LogP contribution in [0.25, 0.3) is 10.2 Å². The fraction of sp³-hybridized carbons (Fsp3) is 0.364. The van der Waals surface area contributed by atoms with Crippen LogP contribution in [0.2, 0.25) is 10.0 Å². The number of thiazole rings is 1. The summed E-state index contributed by atoms with van der Waals surface area (Å²) in [5, 5.41) is 1.49. The molecular formula is C22H24Cl3N3O4S. The number of morpholine rings is 1. The van der Waals surface area contributed by atoms with Crippen molar-refractivity contribution in [3.05, 3.63) is 46.4 Å². The zero-order chi connectivity index (χ0) is 22.5. The lowest BCUT2D eigenvalue weighted by Crippen LogP contribution is -2.44. The number of fused-ring (bicyclic) bond motifs is 1. The number of benzene rings is 2. The molecule has 0 unspecified atom stereocenters. The van der Waals surface area contributed by atoms with Crippen LogP contribution in [0.5, 0.6) is 11.5 Å². The first kappa shape index (κ1) is 25.8. The summed E-state index contributed by atoms with van der Waals surface area (Å²) in [6.45, 7) is 4.14. The average Bonchev–Trinajstić information content (AvgIpc) is 3.22. The molecule has 1 fully saturated rings. The largest absolute Gasteiger partial charge is 0.497 e. The molecule has 0 spiro atoms. The fourth-order valence-corrected chi connectivity index (χ4v) is 4.79. The van der Waals surface area contributed by atoms with E-state index in [9.17, 15) is 4.79 Å². The Labute approximate surface area is 212 Å². The lowest BCUT2D eigenvalue weighted by atomic mass is 10.3. The van der Waals surface area contributed by atoms with Crippen LogP contribution in [0.3, 0.4) is 0 Å². The number of amides is 1. The average molecular weight is 533 g/mol. The zero-order valence-corrected chi connectivity index (χ0v) is 21.1. The van der Waals surface area contributed by atoms with Gasteiger partial charge in [0.1, 0.15) is 11.5 Å². The van der Waals surface area contributed by atoms with Crippen LogP contribution in [-0.2, 0) is 9.53 Å². The Bertz CT molecular complexity index is 1090. The van der Waals surface area contributed by atoms with E-state index >= 15 is 0 Å². The van der Waals surface area contributed by atoms with Crippen molar-refractivity contribution in [2.24, 2.45) is 0 Å². The minimum atomic E-state index is -0.199. The van der Waals surface area contributed by atoms with Gasteiger partial charge in [-0.2, -0.15) is 0 Å². The Kier molecular flexibility index (Phi) is 9.43. The number of aromatic nitrogens is 1. The fourth-order valence-electron chi connectivity index (χ4n) is 3.34. The molecule has 1 amide bonds. The normalized spacial score (nSPS) is 14.0. The SMILES string of the molecule is COc1ccc2sc(N(CCN3CCOCC3)C(=O)COc3ccc(Cl)cc3Cl)nc2c1.Cl. The summed E-state index contributed by atoms with van der Waals surface area (Å²) in [4.78, 5) is 21.8. The molecule has 4 rings (SSSR count). The van der Waals surface area contributed by atoms with Crippen LogP contribution in [0.4, 0.5) is 5.13 Å². The Hall–Kier alpha value is -1.81. The van der Waals surface area contributed by atoms with Crippen LogP contribution in [0.15, 0.2) is 36.4 Å². The first-order valence-electron chi connectivity index (χ1n) is 10.2. The van der Waals surface area contributed by atoms with Crippen LogP contribution >= 0.6 is 46.9 Å². The molecule has 0 N–H and O–H groups in total. The number of methoxy groups -OCH3 is 1. The molecule has 178 valence electrons. The maximum absolute atomic E-state index is 13.2. The van der Waals surface area contributed by atoms with Gasteiger partial charge in [-0.15, -0.1) is 12.4 Å². The minimum Gasteiger partial charge on any atom is -0.497 e. The van der Waals surface area contributed by atoms with Crippen molar-refractivity contribution in [2.45, 2.75) is 0 Å². The number of carbonyl (C=O) groups excluding carboxylic acids is 1. The lowest BCUT2D eigenvalue weighted by molar-refractivity contribution is -0.120. The number of nitrogens with zero attached hydrogens (tertiary/aromatic N) is 3. The van der Waals surface area contributed by atoms with Crippen molar-refractivity contribution >= 4 is 68.2 Å². The van der Waals surface area contributed by atoms with Crippen molar-refractivity contribution in [2.75, 3.05) is 58.0 Å². The van der Waals surface area contributed by atoms with E-state index in [1.54, 1.807) is 30.2 Å². The molecule has 7 nitrogen and oxygen atoms in total. The van der Waals surface area contributed by atoms with Gasteiger partial charge in [-0.3, -0.25) is 14.6 Å². The molecule has 11 heteroatoms. The standard InChI is InChI=1S/C22H23Cl2N3O4S.ClH/c1-29-16-3-5-20-18(13-16)25-22(32-20)27(7-6-26-8-10-30-11-9-26)21(28)14-31-19-4-2-15(23)12-17(19)24;/h2-5,12-13H,6-11,14H2,1H3;1H. The summed E-state index contributed by atoms with van der Waals surface area (Å²) in [5.41, 5.74) is 0.787. The van der Waals surface area contributed by atoms with Gasteiger partial charge in [0.25, 0.3) is 5.91 Å². The molecule has 0 aliphatic carbocycles. The molecular weight excluding hydrogens is 509 g/mol. The van der Waals surface area contributed by atoms with E-state index < -0.39 is 0 Å². The van der Waals surface area contributed by atoms with Crippen molar-refractivity contribution in [1.82, 2.24) is 9.88 Å². The van der Waals surface area contributed by atoms with E-state index in [0.29, 0.717) is 40.7 Å². The highest BCUT2D eigenvalue weighted by Gasteiger charge is 2.22. The molecule has 1 aliphatic rings. The highest BCUT2D eigenvalue weighted by molar-refractivity contribution is 7.22. The third-order valence-corrected chi connectivity index (χ3v) is 6.69. The van der Waals surface area contributed by atoms with Crippen LogP contribution in [-0.4, -0.2) is 68.9 Å². The number of hydrogen-bond donors (Lipinski definition) is 0. The molecule has 3 aromatic rings. The Morgan fingerprint density at radius 3 is 2.73 bits per heavy atom. The molecule has 2 heterocycles. The predicted molar refractivity (Wildman–Crippen MR) is 135 cm³/mol.